The molecule has 4 rings (SSSR count). The van der Waals surface area contributed by atoms with Crippen molar-refractivity contribution in [1.82, 2.24) is 4.90 Å². The van der Waals surface area contributed by atoms with Gasteiger partial charge in [0.15, 0.2) is 0 Å². The van der Waals surface area contributed by atoms with Gasteiger partial charge in [-0.15, -0.1) is 11.8 Å². The molecule has 0 aromatic heterocycles. The molecule has 0 spiro atoms. The number of ether oxygens (including phenoxy) is 1. The van der Waals surface area contributed by atoms with Crippen LogP contribution in [0.25, 0.3) is 0 Å². The monoisotopic (exact) mass is 425 g/mol. The van der Waals surface area contributed by atoms with E-state index < -0.39 is 0 Å². The molecule has 0 radical (unpaired) electrons. The number of piperazine rings is 1. The number of nitrogens with one attached hydrogen (secondary N) is 1. The number of anilines is 2. The number of thioether (sulfide) groups is 1. The number of likely N-dealkylation sites (N-methyl/N-ethyl adjacent to an activating group) is 1. The first-order chi connectivity index (χ1) is 14.7. The first-order valence-electron chi connectivity index (χ1n) is 10.9. The fourth-order valence-electron chi connectivity index (χ4n) is 4.01. The van der Waals surface area contributed by atoms with Crippen molar-refractivity contribution in [2.45, 2.75) is 30.8 Å². The molecule has 2 fully saturated rings. The largest absolute Gasteiger partial charge is 0.377 e. The van der Waals surface area contributed by atoms with E-state index in [1.165, 1.54) is 5.69 Å². The number of hydrogen-bond acceptors (Lipinski definition) is 5. The van der Waals surface area contributed by atoms with E-state index in [0.717, 1.165) is 74.1 Å². The van der Waals surface area contributed by atoms with Gasteiger partial charge in [-0.3, -0.25) is 4.79 Å². The van der Waals surface area contributed by atoms with E-state index in [0.29, 0.717) is 6.10 Å². The molecule has 2 aliphatic rings. The molecular weight excluding hydrogens is 394 g/mol. The zero-order valence-electron chi connectivity index (χ0n) is 17.7. The molecule has 2 aromatic carbocycles. The van der Waals surface area contributed by atoms with Crippen LogP contribution in [-0.4, -0.2) is 62.0 Å². The van der Waals surface area contributed by atoms with E-state index in [9.17, 15) is 4.79 Å². The van der Waals surface area contributed by atoms with Crippen molar-refractivity contribution in [3.8, 4) is 0 Å². The van der Waals surface area contributed by atoms with Crippen LogP contribution in [0.2, 0.25) is 0 Å². The number of rotatable bonds is 7. The number of amides is 1. The lowest BCUT2D eigenvalue weighted by Crippen LogP contribution is -2.46. The van der Waals surface area contributed by atoms with E-state index >= 15 is 0 Å². The first-order valence-corrected chi connectivity index (χ1v) is 11.9. The van der Waals surface area contributed by atoms with Crippen molar-refractivity contribution in [3.63, 3.8) is 0 Å². The zero-order valence-corrected chi connectivity index (χ0v) is 18.5. The fraction of sp³-hybridized carbons (Fsp3) is 0.458. The second-order valence-electron chi connectivity index (χ2n) is 7.86. The zero-order chi connectivity index (χ0) is 20.8. The first kappa shape index (κ1) is 21.2. The smallest absolute Gasteiger partial charge is 0.256 e. The summed E-state index contributed by atoms with van der Waals surface area (Å²) in [4.78, 5) is 18.8. The lowest BCUT2D eigenvalue weighted by atomic mass is 10.2. The number of benzene rings is 2. The molecule has 0 unspecified atom stereocenters. The van der Waals surface area contributed by atoms with Crippen LogP contribution in [-0.2, 0) is 4.74 Å². The normalized spacial score (nSPS) is 19.8. The number of hydrogen-bond donors (Lipinski definition) is 1. The average molecular weight is 426 g/mol. The highest BCUT2D eigenvalue weighted by atomic mass is 32.2. The van der Waals surface area contributed by atoms with Crippen molar-refractivity contribution in [2.24, 2.45) is 0 Å². The summed E-state index contributed by atoms with van der Waals surface area (Å²) < 4.78 is 5.72. The van der Waals surface area contributed by atoms with Crippen molar-refractivity contribution in [1.29, 1.82) is 0 Å². The van der Waals surface area contributed by atoms with E-state index in [2.05, 4.69) is 34.2 Å². The third-order valence-electron chi connectivity index (χ3n) is 5.89. The fourth-order valence-corrected chi connectivity index (χ4v) is 5.13. The summed E-state index contributed by atoms with van der Waals surface area (Å²) in [6.45, 7) is 8.50. The summed E-state index contributed by atoms with van der Waals surface area (Å²) in [5.74, 6) is 0.833. The third kappa shape index (κ3) is 5.36. The number of carbonyl (C=O) groups is 1. The topological polar surface area (TPSA) is 44.8 Å². The predicted molar refractivity (Wildman–Crippen MR) is 125 cm³/mol. The molecule has 0 aliphatic carbocycles. The summed E-state index contributed by atoms with van der Waals surface area (Å²) in [6.07, 6.45) is 2.55. The Labute approximate surface area is 183 Å². The average Bonchev–Trinajstić information content (AvgIpc) is 3.32. The maximum Gasteiger partial charge on any atom is 0.256 e. The van der Waals surface area contributed by atoms with E-state index in [4.69, 9.17) is 4.74 Å². The summed E-state index contributed by atoms with van der Waals surface area (Å²) in [5.41, 5.74) is 2.77. The molecule has 2 aliphatic heterocycles. The summed E-state index contributed by atoms with van der Waals surface area (Å²) in [7, 11) is 0. The van der Waals surface area contributed by atoms with Gasteiger partial charge in [-0.2, -0.15) is 0 Å². The number of nitrogens with zero attached hydrogens (tertiary/aromatic N) is 2. The Hall–Kier alpha value is -2.02. The molecular formula is C24H31N3O2S. The van der Waals surface area contributed by atoms with Gasteiger partial charge in [0.25, 0.3) is 5.91 Å². The van der Waals surface area contributed by atoms with Crippen LogP contribution in [0.5, 0.6) is 0 Å². The Morgan fingerprint density at radius 1 is 1.10 bits per heavy atom. The Bertz CT molecular complexity index is 829. The van der Waals surface area contributed by atoms with Gasteiger partial charge < -0.3 is 19.9 Å². The molecule has 2 saturated heterocycles. The molecule has 0 bridgehead atoms. The van der Waals surface area contributed by atoms with Gasteiger partial charge in [0.05, 0.1) is 11.7 Å². The molecule has 30 heavy (non-hydrogen) atoms. The van der Waals surface area contributed by atoms with Crippen LogP contribution in [0.3, 0.4) is 0 Å². The standard InChI is InChI=1S/C24H31N3O2S/c1-2-26-13-15-27(16-14-26)20-11-9-19(10-12-20)25-24(28)22-7-3-4-8-23(22)30-18-21-6-5-17-29-21/h3-4,7-12,21H,2,5-6,13-18H2,1H3,(H,25,28)/t21-/m0/s1. The minimum absolute atomic E-state index is 0.0604. The van der Waals surface area contributed by atoms with Crippen LogP contribution in [0.4, 0.5) is 11.4 Å². The SMILES string of the molecule is CCN1CCN(c2ccc(NC(=O)c3ccccc3SC[C@@H]3CCCO3)cc2)CC1. The Balaban J connectivity index is 1.36. The molecule has 1 amide bonds. The van der Waals surface area contributed by atoms with Crippen molar-refractivity contribution in [2.75, 3.05) is 55.3 Å². The maximum absolute atomic E-state index is 12.9. The van der Waals surface area contributed by atoms with Crippen LogP contribution in [0.1, 0.15) is 30.1 Å². The quantitative estimate of drug-likeness (QED) is 0.668. The van der Waals surface area contributed by atoms with Crippen molar-refractivity contribution < 1.29 is 9.53 Å². The van der Waals surface area contributed by atoms with Crippen LogP contribution in [0.15, 0.2) is 53.4 Å². The minimum Gasteiger partial charge on any atom is -0.377 e. The number of carbonyl (C=O) groups excluding carboxylic acids is 1. The summed E-state index contributed by atoms with van der Waals surface area (Å²) in [6, 6.07) is 16.0. The molecule has 0 saturated carbocycles. The van der Waals surface area contributed by atoms with Gasteiger partial charge in [-0.1, -0.05) is 19.1 Å². The van der Waals surface area contributed by atoms with Gasteiger partial charge in [0, 0.05) is 54.8 Å². The lowest BCUT2D eigenvalue weighted by molar-refractivity contribution is 0.102. The molecule has 2 aromatic rings. The van der Waals surface area contributed by atoms with Crippen LogP contribution in [0, 0.1) is 0 Å². The highest BCUT2D eigenvalue weighted by Crippen LogP contribution is 2.28. The Kier molecular flexibility index (Phi) is 7.31. The summed E-state index contributed by atoms with van der Waals surface area (Å²) in [5, 5.41) is 3.06. The van der Waals surface area contributed by atoms with Crippen LogP contribution < -0.4 is 10.2 Å². The minimum atomic E-state index is -0.0604. The van der Waals surface area contributed by atoms with E-state index in [-0.39, 0.29) is 5.91 Å². The van der Waals surface area contributed by atoms with Crippen LogP contribution >= 0.6 is 11.8 Å². The molecule has 1 N–H and O–H groups in total. The molecule has 6 heteroatoms. The molecule has 5 nitrogen and oxygen atoms in total. The van der Waals surface area contributed by atoms with Gasteiger partial charge in [-0.25, -0.2) is 0 Å². The molecule has 1 atom stereocenters. The maximum atomic E-state index is 12.9. The predicted octanol–water partition coefficient (Wildman–Crippen LogP) is 4.35. The second kappa shape index (κ2) is 10.3. The summed E-state index contributed by atoms with van der Waals surface area (Å²) >= 11 is 1.71. The van der Waals surface area contributed by atoms with Gasteiger partial charge in [0.2, 0.25) is 0 Å². The van der Waals surface area contributed by atoms with Gasteiger partial charge in [-0.05, 0) is 55.8 Å². The Morgan fingerprint density at radius 3 is 2.57 bits per heavy atom. The van der Waals surface area contributed by atoms with Crippen molar-refractivity contribution in [3.05, 3.63) is 54.1 Å². The van der Waals surface area contributed by atoms with Crippen molar-refractivity contribution >= 4 is 29.0 Å². The second-order valence-corrected chi connectivity index (χ2v) is 8.93. The van der Waals surface area contributed by atoms with Gasteiger partial charge >= 0.3 is 0 Å². The molecule has 2 heterocycles. The molecule has 160 valence electrons. The lowest BCUT2D eigenvalue weighted by Gasteiger charge is -2.35. The highest BCUT2D eigenvalue weighted by Gasteiger charge is 2.19. The van der Waals surface area contributed by atoms with E-state index in [1.54, 1.807) is 11.8 Å². The highest BCUT2D eigenvalue weighted by molar-refractivity contribution is 7.99. The van der Waals surface area contributed by atoms with E-state index in [1.807, 2.05) is 36.4 Å². The van der Waals surface area contributed by atoms with Gasteiger partial charge in [0.1, 0.15) is 0 Å². The third-order valence-corrected chi connectivity index (χ3v) is 7.10. The Morgan fingerprint density at radius 2 is 1.87 bits per heavy atom.